The summed E-state index contributed by atoms with van der Waals surface area (Å²) in [5.74, 6) is -0.675. The summed E-state index contributed by atoms with van der Waals surface area (Å²) in [6.07, 6.45) is 2.26. The Balaban J connectivity index is 2.31. The van der Waals surface area contributed by atoms with Crippen molar-refractivity contribution in [2.75, 3.05) is 0 Å². The summed E-state index contributed by atoms with van der Waals surface area (Å²) in [6, 6.07) is 0. The monoisotopic (exact) mass is 159 g/mol. The lowest BCUT2D eigenvalue weighted by atomic mass is 9.96. The maximum absolute atomic E-state index is 7.49. The standard InChI is InChI=1S/C9H16O2/c1-8(2)7-5-4-6-9(3,10-7)11-8/h7H,4-6H2,1-3H3/i1D3/t7?,8-,9?/m0/s1. The van der Waals surface area contributed by atoms with E-state index in [4.69, 9.17) is 13.6 Å². The Morgan fingerprint density at radius 1 is 1.55 bits per heavy atom. The fourth-order valence-corrected chi connectivity index (χ4v) is 2.00. The fourth-order valence-electron chi connectivity index (χ4n) is 2.00. The first-order chi connectivity index (χ1) is 6.27. The van der Waals surface area contributed by atoms with Gasteiger partial charge in [-0.3, -0.25) is 0 Å². The molecule has 0 saturated carbocycles. The molecule has 2 aliphatic rings. The molecule has 2 rings (SSSR count). The van der Waals surface area contributed by atoms with Gasteiger partial charge in [-0.15, -0.1) is 0 Å². The number of hydrogen-bond donors (Lipinski definition) is 0. The minimum atomic E-state index is -2.11. The van der Waals surface area contributed by atoms with Gasteiger partial charge in [-0.2, -0.15) is 0 Å². The van der Waals surface area contributed by atoms with Gasteiger partial charge in [0.25, 0.3) is 0 Å². The molecule has 2 heteroatoms. The second-order valence-electron chi connectivity index (χ2n) is 3.84. The lowest BCUT2D eigenvalue weighted by Crippen LogP contribution is -2.32. The summed E-state index contributed by atoms with van der Waals surface area (Å²) in [7, 11) is 0. The first-order valence-corrected chi connectivity index (χ1v) is 4.15. The Morgan fingerprint density at radius 2 is 2.36 bits per heavy atom. The second kappa shape index (κ2) is 1.99. The molecule has 0 amide bonds. The SMILES string of the molecule is [2H]C([2H])([2H])[C@@]1(C)OC2(C)CCCC1O2. The molecule has 2 heterocycles. The van der Waals surface area contributed by atoms with Crippen molar-refractivity contribution in [2.45, 2.75) is 57.5 Å². The first-order valence-electron chi connectivity index (χ1n) is 5.65. The van der Waals surface area contributed by atoms with E-state index in [2.05, 4.69) is 0 Å². The number of ether oxygens (including phenoxy) is 2. The summed E-state index contributed by atoms with van der Waals surface area (Å²) in [5.41, 5.74) is -1.13. The molecule has 2 fully saturated rings. The van der Waals surface area contributed by atoms with Crippen LogP contribution in [-0.2, 0) is 9.47 Å². The van der Waals surface area contributed by atoms with Crippen LogP contribution in [0.1, 0.15) is 44.1 Å². The van der Waals surface area contributed by atoms with Crippen molar-refractivity contribution < 1.29 is 13.6 Å². The topological polar surface area (TPSA) is 18.5 Å². The molecule has 0 aromatic carbocycles. The quantitative estimate of drug-likeness (QED) is 0.538. The molecule has 2 saturated heterocycles. The predicted molar refractivity (Wildman–Crippen MR) is 42.3 cm³/mol. The third kappa shape index (κ3) is 1.09. The molecule has 2 bridgehead atoms. The van der Waals surface area contributed by atoms with Crippen molar-refractivity contribution in [3.05, 3.63) is 0 Å². The number of hydrogen-bond acceptors (Lipinski definition) is 2. The summed E-state index contributed by atoms with van der Waals surface area (Å²) < 4.78 is 33.8. The largest absolute Gasteiger partial charge is 0.344 e. The normalized spacial score (nSPS) is 61.6. The zero-order chi connectivity index (χ0) is 10.6. The Labute approximate surface area is 72.1 Å². The van der Waals surface area contributed by atoms with Crippen LogP contribution in [0.25, 0.3) is 0 Å². The summed E-state index contributed by atoms with van der Waals surface area (Å²) in [4.78, 5) is 0. The van der Waals surface area contributed by atoms with Crippen LogP contribution in [-0.4, -0.2) is 17.5 Å². The Hall–Kier alpha value is -0.0800. The van der Waals surface area contributed by atoms with Gasteiger partial charge in [0.1, 0.15) is 0 Å². The van der Waals surface area contributed by atoms with Crippen LogP contribution in [0.3, 0.4) is 0 Å². The van der Waals surface area contributed by atoms with Crippen LogP contribution in [0.2, 0.25) is 0 Å². The van der Waals surface area contributed by atoms with Crippen LogP contribution in [0, 0.1) is 0 Å². The molecule has 0 spiro atoms. The van der Waals surface area contributed by atoms with Gasteiger partial charge in [0.05, 0.1) is 11.7 Å². The van der Waals surface area contributed by atoms with Crippen LogP contribution in [0.5, 0.6) is 0 Å². The van der Waals surface area contributed by atoms with Gasteiger partial charge in [0, 0.05) is 10.5 Å². The van der Waals surface area contributed by atoms with E-state index in [0.717, 1.165) is 19.3 Å². The molecule has 3 atom stereocenters. The maximum Gasteiger partial charge on any atom is 0.166 e. The van der Waals surface area contributed by atoms with Gasteiger partial charge in [-0.1, -0.05) is 0 Å². The first kappa shape index (κ1) is 4.83. The van der Waals surface area contributed by atoms with Crippen LogP contribution < -0.4 is 0 Å². The Kier molecular flexibility index (Phi) is 0.873. The molecule has 11 heavy (non-hydrogen) atoms. The average molecular weight is 159 g/mol. The highest BCUT2D eigenvalue weighted by atomic mass is 16.8. The lowest BCUT2D eigenvalue weighted by Gasteiger charge is -2.26. The number of fused-ring (bicyclic) bond motifs is 2. The van der Waals surface area contributed by atoms with Gasteiger partial charge in [0.15, 0.2) is 5.79 Å². The van der Waals surface area contributed by atoms with E-state index in [-0.39, 0.29) is 6.10 Å². The zero-order valence-corrected chi connectivity index (χ0v) is 7.02. The molecule has 2 unspecified atom stereocenters. The predicted octanol–water partition coefficient (Wildman–Crippen LogP) is 2.08. The van der Waals surface area contributed by atoms with E-state index in [1.165, 1.54) is 0 Å². The molecule has 0 aromatic rings. The van der Waals surface area contributed by atoms with E-state index in [0.29, 0.717) is 0 Å². The third-order valence-electron chi connectivity index (χ3n) is 2.53. The second-order valence-corrected chi connectivity index (χ2v) is 3.84. The zero-order valence-electron chi connectivity index (χ0n) is 10.0. The molecule has 2 aliphatic heterocycles. The molecule has 0 N–H and O–H groups in total. The van der Waals surface area contributed by atoms with Crippen LogP contribution in [0.15, 0.2) is 0 Å². The minimum absolute atomic E-state index is 0.284. The summed E-state index contributed by atoms with van der Waals surface area (Å²) >= 11 is 0. The number of rotatable bonds is 0. The minimum Gasteiger partial charge on any atom is -0.344 e. The van der Waals surface area contributed by atoms with Crippen molar-refractivity contribution in [1.29, 1.82) is 0 Å². The van der Waals surface area contributed by atoms with Crippen molar-refractivity contribution in [2.24, 2.45) is 0 Å². The Morgan fingerprint density at radius 3 is 3.00 bits per heavy atom. The molecule has 0 radical (unpaired) electrons. The van der Waals surface area contributed by atoms with Gasteiger partial charge < -0.3 is 9.47 Å². The van der Waals surface area contributed by atoms with Gasteiger partial charge in [0.2, 0.25) is 0 Å². The highest BCUT2D eigenvalue weighted by Crippen LogP contribution is 2.44. The van der Waals surface area contributed by atoms with Gasteiger partial charge >= 0.3 is 0 Å². The van der Waals surface area contributed by atoms with E-state index >= 15 is 0 Å². The van der Waals surface area contributed by atoms with Crippen molar-refractivity contribution in [3.8, 4) is 0 Å². The van der Waals surface area contributed by atoms with Crippen molar-refractivity contribution >= 4 is 0 Å². The van der Waals surface area contributed by atoms with E-state index in [9.17, 15) is 0 Å². The van der Waals surface area contributed by atoms with Crippen molar-refractivity contribution in [1.82, 2.24) is 0 Å². The summed E-state index contributed by atoms with van der Waals surface area (Å²) in [6.45, 7) is 1.36. The van der Waals surface area contributed by atoms with E-state index in [1.54, 1.807) is 6.92 Å². The smallest absolute Gasteiger partial charge is 0.166 e. The molecule has 0 aliphatic carbocycles. The highest BCUT2D eigenvalue weighted by Gasteiger charge is 2.51. The van der Waals surface area contributed by atoms with Gasteiger partial charge in [-0.25, -0.2) is 0 Å². The van der Waals surface area contributed by atoms with Crippen LogP contribution >= 0.6 is 0 Å². The van der Waals surface area contributed by atoms with Crippen LogP contribution in [0.4, 0.5) is 0 Å². The lowest BCUT2D eigenvalue weighted by molar-refractivity contribution is -0.186. The average Bonchev–Trinajstić information content (AvgIpc) is 2.18. The fraction of sp³-hybridized carbons (Fsp3) is 1.00. The third-order valence-corrected chi connectivity index (χ3v) is 2.53. The molecule has 0 aromatic heterocycles. The molecule has 2 nitrogen and oxygen atoms in total. The van der Waals surface area contributed by atoms with E-state index in [1.807, 2.05) is 6.92 Å². The Bertz CT molecular complexity index is 253. The molecular weight excluding hydrogens is 140 g/mol. The summed E-state index contributed by atoms with van der Waals surface area (Å²) in [5, 5.41) is 0. The van der Waals surface area contributed by atoms with Gasteiger partial charge in [-0.05, 0) is 33.5 Å². The molecular formula is C9H16O2. The van der Waals surface area contributed by atoms with Crippen molar-refractivity contribution in [3.63, 3.8) is 0 Å². The molecule has 64 valence electrons. The van der Waals surface area contributed by atoms with E-state index < -0.39 is 18.2 Å². The maximum atomic E-state index is 7.49. The highest BCUT2D eigenvalue weighted by molar-refractivity contribution is 4.94.